The molecule has 5 heteroatoms. The fraction of sp³-hybridized carbons (Fsp3) is 0. The number of rotatable bonds is 1. The minimum atomic E-state index is 0.177. The number of para-hydroxylation sites is 3. The van der Waals surface area contributed by atoms with Crippen molar-refractivity contribution >= 4 is 22.3 Å². The smallest absolute Gasteiger partial charge is 0.198 e. The topological polar surface area (TPSA) is 74.7 Å². The van der Waals surface area contributed by atoms with Crippen molar-refractivity contribution in [3.8, 4) is 17.1 Å². The Kier molecular flexibility index (Phi) is 2.20. The van der Waals surface area contributed by atoms with Crippen LogP contribution in [0.3, 0.4) is 0 Å². The molecule has 4 aromatic rings. The lowest BCUT2D eigenvalue weighted by molar-refractivity contribution is 0.477. The molecule has 0 radical (unpaired) electrons. The fourth-order valence-corrected chi connectivity index (χ4v) is 2.20. The number of hydrogen-bond donors (Lipinski definition) is 2. The molecule has 0 aliphatic heterocycles. The molecule has 96 valence electrons. The van der Waals surface area contributed by atoms with Crippen LogP contribution in [0.15, 0.2) is 48.5 Å². The van der Waals surface area contributed by atoms with E-state index in [9.17, 15) is 5.11 Å². The summed E-state index contributed by atoms with van der Waals surface area (Å²) in [4.78, 5) is 16.5. The lowest BCUT2D eigenvalue weighted by atomic mass is 10.2. The van der Waals surface area contributed by atoms with Crippen molar-refractivity contribution in [3.05, 3.63) is 48.5 Å². The second-order valence-corrected chi connectivity index (χ2v) is 4.49. The standard InChI is InChI=1S/C15H10N4O/c20-12-8-4-1-5-9(12)13-18-14-15(19-13)17-11-7-3-2-6-10(11)16-14/h1-8,20H,(H,16,17,18,19). The molecule has 2 aromatic carbocycles. The van der Waals surface area contributed by atoms with Crippen molar-refractivity contribution < 1.29 is 5.11 Å². The van der Waals surface area contributed by atoms with Crippen LogP contribution in [-0.4, -0.2) is 25.0 Å². The Morgan fingerprint density at radius 3 is 2.30 bits per heavy atom. The van der Waals surface area contributed by atoms with E-state index >= 15 is 0 Å². The van der Waals surface area contributed by atoms with E-state index in [-0.39, 0.29) is 5.75 Å². The third kappa shape index (κ3) is 1.60. The molecule has 20 heavy (non-hydrogen) atoms. The monoisotopic (exact) mass is 262 g/mol. The van der Waals surface area contributed by atoms with Gasteiger partial charge in [0.1, 0.15) is 11.6 Å². The summed E-state index contributed by atoms with van der Waals surface area (Å²) in [7, 11) is 0. The van der Waals surface area contributed by atoms with Crippen LogP contribution < -0.4 is 0 Å². The Morgan fingerprint density at radius 1 is 0.800 bits per heavy atom. The molecule has 0 aliphatic rings. The first-order valence-corrected chi connectivity index (χ1v) is 6.22. The minimum absolute atomic E-state index is 0.177. The maximum absolute atomic E-state index is 9.88. The van der Waals surface area contributed by atoms with E-state index in [0.717, 1.165) is 11.0 Å². The zero-order valence-corrected chi connectivity index (χ0v) is 10.4. The maximum Gasteiger partial charge on any atom is 0.198 e. The van der Waals surface area contributed by atoms with Gasteiger partial charge in [-0.05, 0) is 24.3 Å². The Balaban J connectivity index is 1.99. The number of nitrogens with one attached hydrogen (secondary N) is 1. The number of aromatic amines is 1. The zero-order valence-electron chi connectivity index (χ0n) is 10.4. The molecule has 5 nitrogen and oxygen atoms in total. The summed E-state index contributed by atoms with van der Waals surface area (Å²) in [6.07, 6.45) is 0. The van der Waals surface area contributed by atoms with Crippen LogP contribution in [0.1, 0.15) is 0 Å². The first-order chi connectivity index (χ1) is 9.81. The highest BCUT2D eigenvalue weighted by molar-refractivity contribution is 5.84. The molecule has 0 spiro atoms. The first kappa shape index (κ1) is 10.9. The van der Waals surface area contributed by atoms with Gasteiger partial charge in [-0.1, -0.05) is 24.3 Å². The molecular weight excluding hydrogens is 252 g/mol. The molecule has 4 rings (SSSR count). The van der Waals surface area contributed by atoms with E-state index in [1.54, 1.807) is 18.2 Å². The third-order valence-corrected chi connectivity index (χ3v) is 3.17. The highest BCUT2D eigenvalue weighted by Gasteiger charge is 2.11. The summed E-state index contributed by atoms with van der Waals surface area (Å²) in [6.45, 7) is 0. The average molecular weight is 262 g/mol. The van der Waals surface area contributed by atoms with Crippen LogP contribution in [0.25, 0.3) is 33.7 Å². The average Bonchev–Trinajstić information content (AvgIpc) is 2.87. The van der Waals surface area contributed by atoms with Gasteiger partial charge in [0.2, 0.25) is 0 Å². The number of fused-ring (bicyclic) bond motifs is 2. The third-order valence-electron chi connectivity index (χ3n) is 3.17. The van der Waals surface area contributed by atoms with E-state index in [1.165, 1.54) is 0 Å². The van der Waals surface area contributed by atoms with Gasteiger partial charge in [0, 0.05) is 0 Å². The van der Waals surface area contributed by atoms with Crippen molar-refractivity contribution in [2.24, 2.45) is 0 Å². The number of nitrogens with zero attached hydrogens (tertiary/aromatic N) is 3. The quantitative estimate of drug-likeness (QED) is 0.553. The van der Waals surface area contributed by atoms with Crippen LogP contribution in [-0.2, 0) is 0 Å². The Hall–Kier alpha value is -2.95. The Bertz CT molecular complexity index is 877. The lowest BCUT2D eigenvalue weighted by Crippen LogP contribution is -1.85. The van der Waals surface area contributed by atoms with Crippen molar-refractivity contribution in [2.75, 3.05) is 0 Å². The fourth-order valence-electron chi connectivity index (χ4n) is 2.20. The second kappa shape index (κ2) is 4.03. The molecular formula is C15H10N4O. The summed E-state index contributed by atoms with van der Waals surface area (Å²) in [6, 6.07) is 14.7. The number of aromatic nitrogens is 4. The number of H-pyrrole nitrogens is 1. The summed E-state index contributed by atoms with van der Waals surface area (Å²) >= 11 is 0. The van der Waals surface area contributed by atoms with Crippen LogP contribution in [0.2, 0.25) is 0 Å². The molecule has 0 saturated carbocycles. The van der Waals surface area contributed by atoms with Crippen LogP contribution in [0.4, 0.5) is 0 Å². The minimum Gasteiger partial charge on any atom is -0.507 e. The van der Waals surface area contributed by atoms with E-state index in [2.05, 4.69) is 19.9 Å². The van der Waals surface area contributed by atoms with Gasteiger partial charge in [-0.2, -0.15) is 0 Å². The van der Waals surface area contributed by atoms with Gasteiger partial charge in [0.25, 0.3) is 0 Å². The number of aromatic hydroxyl groups is 1. The predicted octanol–water partition coefficient (Wildman–Crippen LogP) is 2.88. The molecule has 0 unspecified atom stereocenters. The van der Waals surface area contributed by atoms with Crippen LogP contribution >= 0.6 is 0 Å². The number of phenols is 1. The van der Waals surface area contributed by atoms with Crippen molar-refractivity contribution in [3.63, 3.8) is 0 Å². The molecule has 0 atom stereocenters. The van der Waals surface area contributed by atoms with Crippen molar-refractivity contribution in [2.45, 2.75) is 0 Å². The number of hydrogen-bond acceptors (Lipinski definition) is 4. The van der Waals surface area contributed by atoms with Gasteiger partial charge in [-0.25, -0.2) is 15.0 Å². The Labute approximate surface area is 114 Å². The molecule has 0 bridgehead atoms. The molecule has 0 saturated heterocycles. The molecule has 2 N–H and O–H groups in total. The van der Waals surface area contributed by atoms with Crippen molar-refractivity contribution in [1.82, 2.24) is 19.9 Å². The van der Waals surface area contributed by atoms with Gasteiger partial charge in [-0.3, -0.25) is 0 Å². The van der Waals surface area contributed by atoms with Gasteiger partial charge in [0.05, 0.1) is 16.6 Å². The van der Waals surface area contributed by atoms with Crippen molar-refractivity contribution in [1.29, 1.82) is 0 Å². The maximum atomic E-state index is 9.88. The normalized spacial score (nSPS) is 11.2. The largest absolute Gasteiger partial charge is 0.507 e. The summed E-state index contributed by atoms with van der Waals surface area (Å²) in [5.74, 6) is 0.740. The summed E-state index contributed by atoms with van der Waals surface area (Å²) in [5.41, 5.74) is 3.41. The van der Waals surface area contributed by atoms with E-state index in [0.29, 0.717) is 22.7 Å². The number of benzene rings is 2. The predicted molar refractivity (Wildman–Crippen MR) is 76.3 cm³/mol. The van der Waals surface area contributed by atoms with Gasteiger partial charge >= 0.3 is 0 Å². The number of imidazole rings is 1. The van der Waals surface area contributed by atoms with E-state index in [4.69, 9.17) is 0 Å². The van der Waals surface area contributed by atoms with E-state index < -0.39 is 0 Å². The SMILES string of the molecule is Oc1ccccc1-c1nc2nc3ccccc3nc2[nH]1. The molecule has 2 aromatic heterocycles. The molecule has 0 amide bonds. The Morgan fingerprint density at radius 2 is 1.50 bits per heavy atom. The second-order valence-electron chi connectivity index (χ2n) is 4.49. The van der Waals surface area contributed by atoms with Crippen LogP contribution in [0.5, 0.6) is 5.75 Å². The van der Waals surface area contributed by atoms with E-state index in [1.807, 2.05) is 30.3 Å². The highest BCUT2D eigenvalue weighted by atomic mass is 16.3. The number of phenolic OH excluding ortho intramolecular Hbond substituents is 1. The molecule has 2 heterocycles. The summed E-state index contributed by atoms with van der Waals surface area (Å²) < 4.78 is 0. The lowest BCUT2D eigenvalue weighted by Gasteiger charge is -1.98. The van der Waals surface area contributed by atoms with Gasteiger partial charge in [0.15, 0.2) is 11.3 Å². The molecule has 0 aliphatic carbocycles. The van der Waals surface area contributed by atoms with Gasteiger partial charge < -0.3 is 10.1 Å². The summed E-state index contributed by atoms with van der Waals surface area (Å²) in [5, 5.41) is 9.88. The molecule has 0 fully saturated rings. The highest BCUT2D eigenvalue weighted by Crippen LogP contribution is 2.27. The van der Waals surface area contributed by atoms with Crippen LogP contribution in [0, 0.1) is 0 Å². The zero-order chi connectivity index (χ0) is 13.5. The van der Waals surface area contributed by atoms with Gasteiger partial charge in [-0.15, -0.1) is 0 Å². The first-order valence-electron chi connectivity index (χ1n) is 6.22.